The van der Waals surface area contributed by atoms with E-state index in [4.69, 9.17) is 0 Å². The standard InChI is InChI=1S/C12H21F3N2O2S/c13-12(14,15)9-17(11-4-5-11)20(18,19)8-6-10-3-1-2-7-16-10/h10-11,16H,1-9H2. The first-order valence-corrected chi connectivity index (χ1v) is 8.68. The largest absolute Gasteiger partial charge is 0.402 e. The van der Waals surface area contributed by atoms with E-state index < -0.39 is 28.8 Å². The maximum absolute atomic E-state index is 12.5. The summed E-state index contributed by atoms with van der Waals surface area (Å²) >= 11 is 0. The third kappa shape index (κ3) is 4.89. The molecule has 1 saturated heterocycles. The van der Waals surface area contributed by atoms with E-state index in [0.717, 1.165) is 25.8 Å². The van der Waals surface area contributed by atoms with Crippen LogP contribution in [-0.2, 0) is 10.0 Å². The van der Waals surface area contributed by atoms with Gasteiger partial charge in [0.05, 0.1) is 5.75 Å². The first-order chi connectivity index (χ1) is 9.28. The summed E-state index contributed by atoms with van der Waals surface area (Å²) in [4.78, 5) is 0. The minimum absolute atomic E-state index is 0.116. The molecule has 8 heteroatoms. The molecule has 1 aliphatic heterocycles. The summed E-state index contributed by atoms with van der Waals surface area (Å²) in [7, 11) is -3.82. The molecule has 4 nitrogen and oxygen atoms in total. The van der Waals surface area contributed by atoms with Crippen molar-refractivity contribution in [3.63, 3.8) is 0 Å². The molecule has 0 amide bonds. The van der Waals surface area contributed by atoms with Gasteiger partial charge in [0.15, 0.2) is 0 Å². The zero-order valence-corrected chi connectivity index (χ0v) is 12.1. The minimum Gasteiger partial charge on any atom is -0.314 e. The second-order valence-corrected chi connectivity index (χ2v) is 7.68. The molecule has 0 aromatic heterocycles. The van der Waals surface area contributed by atoms with Gasteiger partial charge in [0.2, 0.25) is 10.0 Å². The van der Waals surface area contributed by atoms with Crippen LogP contribution in [0.5, 0.6) is 0 Å². The van der Waals surface area contributed by atoms with E-state index >= 15 is 0 Å². The fraction of sp³-hybridized carbons (Fsp3) is 1.00. The Hall–Kier alpha value is -0.340. The Bertz CT molecular complexity index is 415. The Morgan fingerprint density at radius 2 is 1.85 bits per heavy atom. The molecule has 1 saturated carbocycles. The van der Waals surface area contributed by atoms with Gasteiger partial charge in [-0.25, -0.2) is 8.42 Å². The molecule has 2 rings (SSSR count). The van der Waals surface area contributed by atoms with Crippen LogP contribution < -0.4 is 5.32 Å². The van der Waals surface area contributed by atoms with Crippen LogP contribution in [0.3, 0.4) is 0 Å². The van der Waals surface area contributed by atoms with Crippen molar-refractivity contribution >= 4 is 10.0 Å². The predicted molar refractivity (Wildman–Crippen MR) is 69.8 cm³/mol. The number of sulfonamides is 1. The SMILES string of the molecule is O=S(=O)(CCC1CCCCN1)N(CC(F)(F)F)C1CC1. The lowest BCUT2D eigenvalue weighted by Gasteiger charge is -2.26. The third-order valence-electron chi connectivity index (χ3n) is 3.78. The third-order valence-corrected chi connectivity index (χ3v) is 5.68. The Morgan fingerprint density at radius 1 is 1.15 bits per heavy atom. The van der Waals surface area contributed by atoms with Crippen LogP contribution in [0.15, 0.2) is 0 Å². The molecule has 1 heterocycles. The number of nitrogens with zero attached hydrogens (tertiary/aromatic N) is 1. The number of piperidine rings is 1. The molecular weight excluding hydrogens is 293 g/mol. The lowest BCUT2D eigenvalue weighted by molar-refractivity contribution is -0.137. The molecule has 0 spiro atoms. The summed E-state index contributed by atoms with van der Waals surface area (Å²) in [6.07, 6.45) is 0.0203. The van der Waals surface area contributed by atoms with Gasteiger partial charge in [-0.1, -0.05) is 6.42 Å². The van der Waals surface area contributed by atoms with Crippen molar-refractivity contribution in [2.45, 2.75) is 56.8 Å². The average molecular weight is 314 g/mol. The molecule has 0 radical (unpaired) electrons. The smallest absolute Gasteiger partial charge is 0.314 e. The molecular formula is C12H21F3N2O2S. The lowest BCUT2D eigenvalue weighted by atomic mass is 10.0. The molecule has 1 N–H and O–H groups in total. The highest BCUT2D eigenvalue weighted by molar-refractivity contribution is 7.89. The van der Waals surface area contributed by atoms with Crippen LogP contribution in [0, 0.1) is 0 Å². The zero-order valence-electron chi connectivity index (χ0n) is 11.3. The van der Waals surface area contributed by atoms with Crippen molar-refractivity contribution in [2.75, 3.05) is 18.8 Å². The zero-order chi connectivity index (χ0) is 14.8. The van der Waals surface area contributed by atoms with Crippen molar-refractivity contribution in [3.8, 4) is 0 Å². The molecule has 118 valence electrons. The normalized spacial score (nSPS) is 25.1. The highest BCUT2D eigenvalue weighted by atomic mass is 32.2. The quantitative estimate of drug-likeness (QED) is 0.814. The number of nitrogens with one attached hydrogen (secondary N) is 1. The Balaban J connectivity index is 1.92. The fourth-order valence-corrected chi connectivity index (χ4v) is 4.40. The predicted octanol–water partition coefficient (Wildman–Crippen LogP) is 1.88. The van der Waals surface area contributed by atoms with E-state index in [2.05, 4.69) is 5.32 Å². The monoisotopic (exact) mass is 314 g/mol. The van der Waals surface area contributed by atoms with Crippen molar-refractivity contribution in [2.24, 2.45) is 0 Å². The number of alkyl halides is 3. The molecule has 0 aromatic carbocycles. The summed E-state index contributed by atoms with van der Waals surface area (Å²) < 4.78 is 62.4. The van der Waals surface area contributed by atoms with Gasteiger partial charge < -0.3 is 5.32 Å². The van der Waals surface area contributed by atoms with Crippen molar-refractivity contribution in [1.29, 1.82) is 0 Å². The van der Waals surface area contributed by atoms with Gasteiger partial charge in [0.1, 0.15) is 6.54 Å². The molecule has 0 bridgehead atoms. The topological polar surface area (TPSA) is 49.4 Å². The van der Waals surface area contributed by atoms with Crippen molar-refractivity contribution < 1.29 is 21.6 Å². The van der Waals surface area contributed by atoms with E-state index in [1.807, 2.05) is 0 Å². The van der Waals surface area contributed by atoms with Crippen molar-refractivity contribution in [1.82, 2.24) is 9.62 Å². The van der Waals surface area contributed by atoms with Gasteiger partial charge in [-0.2, -0.15) is 17.5 Å². The van der Waals surface area contributed by atoms with Gasteiger partial charge in [0, 0.05) is 12.1 Å². The number of hydrogen-bond donors (Lipinski definition) is 1. The molecule has 0 aromatic rings. The highest BCUT2D eigenvalue weighted by Gasteiger charge is 2.44. The minimum atomic E-state index is -4.47. The van der Waals surface area contributed by atoms with Gasteiger partial charge in [-0.3, -0.25) is 0 Å². The number of hydrogen-bond acceptors (Lipinski definition) is 3. The van der Waals surface area contributed by atoms with E-state index in [1.54, 1.807) is 0 Å². The molecule has 2 aliphatic rings. The first-order valence-electron chi connectivity index (χ1n) is 7.07. The average Bonchev–Trinajstić information content (AvgIpc) is 3.18. The van der Waals surface area contributed by atoms with Crippen LogP contribution in [0.1, 0.15) is 38.5 Å². The summed E-state index contributed by atoms with van der Waals surface area (Å²) in [5.41, 5.74) is 0. The summed E-state index contributed by atoms with van der Waals surface area (Å²) in [5, 5.41) is 3.22. The van der Waals surface area contributed by atoms with Gasteiger partial charge >= 0.3 is 6.18 Å². The Kier molecular flexibility index (Phi) is 4.96. The number of rotatable bonds is 6. The van der Waals surface area contributed by atoms with Gasteiger partial charge in [-0.15, -0.1) is 0 Å². The number of halogens is 3. The van der Waals surface area contributed by atoms with Gasteiger partial charge in [-0.05, 0) is 38.6 Å². The van der Waals surface area contributed by atoms with Crippen LogP contribution in [0.25, 0.3) is 0 Å². The van der Waals surface area contributed by atoms with Crippen LogP contribution in [-0.4, -0.2) is 49.8 Å². The van der Waals surface area contributed by atoms with Gasteiger partial charge in [0.25, 0.3) is 0 Å². The maximum Gasteiger partial charge on any atom is 0.402 e. The molecule has 1 aliphatic carbocycles. The molecule has 20 heavy (non-hydrogen) atoms. The highest BCUT2D eigenvalue weighted by Crippen LogP contribution is 2.32. The molecule has 1 atom stereocenters. The second-order valence-electron chi connectivity index (χ2n) is 5.64. The summed E-state index contributed by atoms with van der Waals surface area (Å²) in [6, 6.07) is -0.327. The Morgan fingerprint density at radius 3 is 2.35 bits per heavy atom. The summed E-state index contributed by atoms with van der Waals surface area (Å²) in [5.74, 6) is -0.197. The van der Waals surface area contributed by atoms with Crippen LogP contribution in [0.4, 0.5) is 13.2 Å². The van der Waals surface area contributed by atoms with E-state index in [1.165, 1.54) is 0 Å². The van der Waals surface area contributed by atoms with E-state index in [-0.39, 0.29) is 11.8 Å². The lowest BCUT2D eigenvalue weighted by Crippen LogP contribution is -2.43. The first kappa shape index (κ1) is 16.0. The molecule has 1 unspecified atom stereocenters. The van der Waals surface area contributed by atoms with E-state index in [0.29, 0.717) is 23.6 Å². The van der Waals surface area contributed by atoms with Crippen molar-refractivity contribution in [3.05, 3.63) is 0 Å². The van der Waals surface area contributed by atoms with Crippen LogP contribution >= 0.6 is 0 Å². The van der Waals surface area contributed by atoms with Crippen LogP contribution in [0.2, 0.25) is 0 Å². The molecule has 2 fully saturated rings. The fourth-order valence-electron chi connectivity index (χ4n) is 2.57. The summed E-state index contributed by atoms with van der Waals surface area (Å²) in [6.45, 7) is -0.488. The Labute approximate surface area is 117 Å². The maximum atomic E-state index is 12.5. The van der Waals surface area contributed by atoms with E-state index in [9.17, 15) is 21.6 Å². The second kappa shape index (κ2) is 6.19.